The zero-order valence-electron chi connectivity index (χ0n) is 14.3. The van der Waals surface area contributed by atoms with Crippen molar-refractivity contribution >= 4 is 5.91 Å². The van der Waals surface area contributed by atoms with Crippen LogP contribution in [0.1, 0.15) is 46.2 Å². The summed E-state index contributed by atoms with van der Waals surface area (Å²) in [7, 11) is 0. The Labute approximate surface area is 142 Å². The summed E-state index contributed by atoms with van der Waals surface area (Å²) in [6.45, 7) is 6.38. The van der Waals surface area contributed by atoms with Gasteiger partial charge in [-0.1, -0.05) is 0 Å². The highest BCUT2D eigenvalue weighted by Crippen LogP contribution is 2.28. The van der Waals surface area contributed by atoms with E-state index in [1.54, 1.807) is 0 Å². The van der Waals surface area contributed by atoms with Gasteiger partial charge < -0.3 is 9.64 Å². The van der Waals surface area contributed by atoms with Crippen LogP contribution in [0.3, 0.4) is 0 Å². The minimum atomic E-state index is 0.118. The Hall–Kier alpha value is -2.30. The number of aryl methyl sites for hydroxylation is 3. The molecule has 0 spiro atoms. The molecule has 0 radical (unpaired) electrons. The predicted molar refractivity (Wildman–Crippen MR) is 91.5 cm³/mol. The molecular formula is C19H23N3O2. The summed E-state index contributed by atoms with van der Waals surface area (Å²) < 4.78 is 7.71. The molecule has 0 bridgehead atoms. The normalized spacial score (nSPS) is 19.9. The third-order valence-electron chi connectivity index (χ3n) is 5.00. The molecule has 1 atom stereocenters. The van der Waals surface area contributed by atoms with E-state index in [0.717, 1.165) is 67.2 Å². The zero-order valence-corrected chi connectivity index (χ0v) is 14.3. The quantitative estimate of drug-likeness (QED) is 0.853. The lowest BCUT2D eigenvalue weighted by atomic mass is 10.0. The zero-order chi connectivity index (χ0) is 16.7. The number of ether oxygens (including phenoxy) is 1. The van der Waals surface area contributed by atoms with Crippen LogP contribution in [0, 0.1) is 13.8 Å². The van der Waals surface area contributed by atoms with Gasteiger partial charge in [-0.05, 0) is 62.9 Å². The molecule has 3 heterocycles. The van der Waals surface area contributed by atoms with Crippen LogP contribution in [0.4, 0.5) is 0 Å². The van der Waals surface area contributed by atoms with Crippen LogP contribution in [0.2, 0.25) is 0 Å². The molecule has 5 heteroatoms. The number of fused-ring (bicyclic) bond motifs is 1. The summed E-state index contributed by atoms with van der Waals surface area (Å²) in [5, 5.41) is 4.58. The van der Waals surface area contributed by atoms with Crippen LogP contribution in [0.25, 0.3) is 0 Å². The van der Waals surface area contributed by atoms with E-state index in [-0.39, 0.29) is 11.9 Å². The van der Waals surface area contributed by atoms with Crippen LogP contribution in [-0.4, -0.2) is 40.3 Å². The molecule has 4 rings (SSSR count). The van der Waals surface area contributed by atoms with Gasteiger partial charge in [0.15, 0.2) is 0 Å². The molecule has 2 aliphatic heterocycles. The Morgan fingerprint density at radius 1 is 1.29 bits per heavy atom. The van der Waals surface area contributed by atoms with Gasteiger partial charge in [-0.2, -0.15) is 5.10 Å². The van der Waals surface area contributed by atoms with E-state index in [9.17, 15) is 4.79 Å². The summed E-state index contributed by atoms with van der Waals surface area (Å²) in [5.74, 6) is 1.05. The van der Waals surface area contributed by atoms with Crippen molar-refractivity contribution in [1.29, 1.82) is 0 Å². The molecule has 1 amide bonds. The maximum absolute atomic E-state index is 12.9. The minimum absolute atomic E-state index is 0.118. The lowest BCUT2D eigenvalue weighted by Crippen LogP contribution is -2.29. The van der Waals surface area contributed by atoms with E-state index >= 15 is 0 Å². The maximum Gasteiger partial charge on any atom is 0.253 e. The second-order valence-corrected chi connectivity index (χ2v) is 6.84. The average Bonchev–Trinajstić information content (AvgIpc) is 3.20. The van der Waals surface area contributed by atoms with E-state index in [1.165, 1.54) is 0 Å². The van der Waals surface area contributed by atoms with Gasteiger partial charge in [-0.3, -0.25) is 9.48 Å². The molecule has 1 saturated heterocycles. The Morgan fingerprint density at radius 2 is 2.17 bits per heavy atom. The molecule has 1 fully saturated rings. The van der Waals surface area contributed by atoms with E-state index < -0.39 is 0 Å². The van der Waals surface area contributed by atoms with Crippen molar-refractivity contribution in [3.63, 3.8) is 0 Å². The number of likely N-dealkylation sites (tertiary alicyclic amines) is 1. The van der Waals surface area contributed by atoms with Gasteiger partial charge in [0, 0.05) is 24.3 Å². The Bertz CT molecular complexity index is 781. The van der Waals surface area contributed by atoms with Gasteiger partial charge in [0.1, 0.15) is 5.75 Å². The number of rotatable bonds is 2. The molecule has 1 aromatic heterocycles. The first-order valence-electron chi connectivity index (χ1n) is 8.69. The van der Waals surface area contributed by atoms with Gasteiger partial charge in [0.25, 0.3) is 5.91 Å². The summed E-state index contributed by atoms with van der Waals surface area (Å²) in [4.78, 5) is 14.8. The van der Waals surface area contributed by atoms with Crippen LogP contribution in [-0.2, 0) is 6.42 Å². The number of nitrogens with zero attached hydrogens (tertiary/aromatic N) is 3. The molecular weight excluding hydrogens is 302 g/mol. The lowest BCUT2D eigenvalue weighted by Gasteiger charge is -2.20. The van der Waals surface area contributed by atoms with Crippen LogP contribution in [0.5, 0.6) is 5.75 Å². The van der Waals surface area contributed by atoms with Crippen LogP contribution >= 0.6 is 0 Å². The molecule has 24 heavy (non-hydrogen) atoms. The Balaban J connectivity index is 1.50. The molecule has 2 aromatic rings. The smallest absolute Gasteiger partial charge is 0.253 e. The number of carbonyl (C=O) groups excluding carboxylic acids is 1. The van der Waals surface area contributed by atoms with Crippen LogP contribution < -0.4 is 4.74 Å². The molecule has 1 unspecified atom stereocenters. The number of carbonyl (C=O) groups is 1. The summed E-state index contributed by atoms with van der Waals surface area (Å²) in [5.41, 5.74) is 4.12. The average molecular weight is 325 g/mol. The molecule has 0 saturated carbocycles. The van der Waals surface area contributed by atoms with Gasteiger partial charge in [-0.15, -0.1) is 0 Å². The van der Waals surface area contributed by atoms with Crippen molar-refractivity contribution in [3.8, 4) is 5.75 Å². The third-order valence-corrected chi connectivity index (χ3v) is 5.00. The SMILES string of the molecule is Cc1cc(C)n(C2CCN(C(=O)c3ccc4c(c3)CCCO4)C2)n1. The van der Waals surface area contributed by atoms with Crippen molar-refractivity contribution in [1.82, 2.24) is 14.7 Å². The molecule has 2 aliphatic rings. The number of aromatic nitrogens is 2. The number of amides is 1. The second-order valence-electron chi connectivity index (χ2n) is 6.84. The van der Waals surface area contributed by atoms with Crippen molar-refractivity contribution in [2.24, 2.45) is 0 Å². The first-order chi connectivity index (χ1) is 11.6. The largest absolute Gasteiger partial charge is 0.493 e. The maximum atomic E-state index is 12.9. The molecule has 0 aliphatic carbocycles. The summed E-state index contributed by atoms with van der Waals surface area (Å²) >= 11 is 0. The first-order valence-corrected chi connectivity index (χ1v) is 8.69. The highest BCUT2D eigenvalue weighted by atomic mass is 16.5. The van der Waals surface area contributed by atoms with E-state index in [0.29, 0.717) is 0 Å². The van der Waals surface area contributed by atoms with Gasteiger partial charge in [0.05, 0.1) is 18.3 Å². The topological polar surface area (TPSA) is 47.4 Å². The molecule has 0 N–H and O–H groups in total. The second kappa shape index (κ2) is 5.96. The number of hydrogen-bond donors (Lipinski definition) is 0. The van der Waals surface area contributed by atoms with Gasteiger partial charge in [-0.25, -0.2) is 0 Å². The standard InChI is InChI=1S/C19H23N3O2/c1-13-10-14(2)22(20-13)17-7-8-21(12-17)19(23)16-5-6-18-15(11-16)4-3-9-24-18/h5-6,10-11,17H,3-4,7-9,12H2,1-2H3. The highest BCUT2D eigenvalue weighted by molar-refractivity contribution is 5.94. The molecule has 126 valence electrons. The van der Waals surface area contributed by atoms with Gasteiger partial charge >= 0.3 is 0 Å². The number of benzene rings is 1. The first kappa shape index (κ1) is 15.2. The van der Waals surface area contributed by atoms with E-state index in [1.807, 2.05) is 30.0 Å². The van der Waals surface area contributed by atoms with Crippen molar-refractivity contribution in [2.45, 2.75) is 39.2 Å². The molecule has 1 aromatic carbocycles. The lowest BCUT2D eigenvalue weighted by molar-refractivity contribution is 0.0786. The fourth-order valence-electron chi connectivity index (χ4n) is 3.82. The van der Waals surface area contributed by atoms with Crippen LogP contribution in [0.15, 0.2) is 24.3 Å². The van der Waals surface area contributed by atoms with Crippen molar-refractivity contribution < 1.29 is 9.53 Å². The fraction of sp³-hybridized carbons (Fsp3) is 0.474. The Morgan fingerprint density at radius 3 is 2.96 bits per heavy atom. The number of hydrogen-bond acceptors (Lipinski definition) is 3. The van der Waals surface area contributed by atoms with Crippen molar-refractivity contribution in [2.75, 3.05) is 19.7 Å². The Kier molecular flexibility index (Phi) is 3.79. The highest BCUT2D eigenvalue weighted by Gasteiger charge is 2.29. The van der Waals surface area contributed by atoms with Gasteiger partial charge in [0.2, 0.25) is 0 Å². The van der Waals surface area contributed by atoms with Crippen molar-refractivity contribution in [3.05, 3.63) is 46.8 Å². The van der Waals surface area contributed by atoms with E-state index in [2.05, 4.69) is 22.8 Å². The summed E-state index contributed by atoms with van der Waals surface area (Å²) in [6, 6.07) is 8.21. The molecule has 5 nitrogen and oxygen atoms in total. The summed E-state index contributed by atoms with van der Waals surface area (Å²) in [6.07, 6.45) is 2.97. The monoisotopic (exact) mass is 325 g/mol. The van der Waals surface area contributed by atoms with E-state index in [4.69, 9.17) is 4.74 Å². The fourth-order valence-corrected chi connectivity index (χ4v) is 3.82. The third kappa shape index (κ3) is 2.68. The minimum Gasteiger partial charge on any atom is -0.493 e. The predicted octanol–water partition coefficient (Wildman–Crippen LogP) is 2.91.